The highest BCUT2D eigenvalue weighted by atomic mass is 15.0. The highest BCUT2D eigenvalue weighted by Gasteiger charge is 2.36. The molecule has 0 spiro atoms. The maximum atomic E-state index is 5.38. The molecule has 1 atom stereocenters. The molecule has 66 heavy (non-hydrogen) atoms. The molecule has 0 radical (unpaired) electrons. The van der Waals surface area contributed by atoms with Crippen LogP contribution in [0.5, 0.6) is 0 Å². The van der Waals surface area contributed by atoms with Crippen LogP contribution in [0.4, 0.5) is 0 Å². The maximum Gasteiger partial charge on any atom is 0.163 e. The molecule has 2 aliphatic rings. The van der Waals surface area contributed by atoms with E-state index in [1.807, 2.05) is 18.2 Å². The van der Waals surface area contributed by atoms with Crippen LogP contribution in [0.1, 0.15) is 174 Å². The monoisotopic (exact) mass is 875 g/mol. The summed E-state index contributed by atoms with van der Waals surface area (Å²) in [5.41, 5.74) is 15.3. The minimum absolute atomic E-state index is 0.0602. The van der Waals surface area contributed by atoms with E-state index >= 15 is 0 Å². The van der Waals surface area contributed by atoms with Gasteiger partial charge in [-0.25, -0.2) is 15.0 Å². The van der Waals surface area contributed by atoms with Gasteiger partial charge in [0.1, 0.15) is 5.82 Å². The molecule has 2 aliphatic carbocycles. The molecule has 0 saturated carbocycles. The van der Waals surface area contributed by atoms with E-state index in [0.29, 0.717) is 12.2 Å². The zero-order valence-corrected chi connectivity index (χ0v) is 42.6. The van der Waals surface area contributed by atoms with Gasteiger partial charge in [-0.15, -0.1) is 0 Å². The Morgan fingerprint density at radius 3 is 1.89 bits per heavy atom. The summed E-state index contributed by atoms with van der Waals surface area (Å²) >= 11 is 0. The van der Waals surface area contributed by atoms with E-state index in [9.17, 15) is 0 Å². The lowest BCUT2D eigenvalue weighted by molar-refractivity contribution is 0.571. The Bertz CT molecular complexity index is 2830. The lowest BCUT2D eigenvalue weighted by atomic mass is 9.78. The summed E-state index contributed by atoms with van der Waals surface area (Å²) in [5.74, 6) is 1.95. The third-order valence-corrected chi connectivity index (χ3v) is 13.1. The molecule has 2 heterocycles. The minimum Gasteiger partial charge on any atom is -0.308 e. The number of aromatic nitrogens is 4. The van der Waals surface area contributed by atoms with Crippen molar-refractivity contribution in [2.24, 2.45) is 0 Å². The second-order valence-corrected chi connectivity index (χ2v) is 22.6. The largest absolute Gasteiger partial charge is 0.308 e. The second kappa shape index (κ2) is 18.4. The van der Waals surface area contributed by atoms with Crippen molar-refractivity contribution >= 4 is 44.2 Å². The van der Waals surface area contributed by atoms with E-state index in [2.05, 4.69) is 212 Å². The topological polar surface area (TPSA) is 43.6 Å². The van der Waals surface area contributed by atoms with Gasteiger partial charge in [0.15, 0.2) is 11.6 Å². The summed E-state index contributed by atoms with van der Waals surface area (Å²) in [5, 5.41) is 2.60. The fourth-order valence-electron chi connectivity index (χ4n) is 9.29. The van der Waals surface area contributed by atoms with Crippen LogP contribution in [0.3, 0.4) is 0 Å². The van der Waals surface area contributed by atoms with Crippen LogP contribution >= 0.6 is 0 Å². The molecule has 5 aromatic rings. The van der Waals surface area contributed by atoms with Gasteiger partial charge in [-0.1, -0.05) is 206 Å². The van der Waals surface area contributed by atoms with E-state index < -0.39 is 0 Å². The van der Waals surface area contributed by atoms with E-state index in [1.165, 1.54) is 60.9 Å². The maximum absolute atomic E-state index is 5.38. The standard InChI is InChI=1S/C62H74N4/c1-17-19-23-29-40(3)47-34-44(58-64-56(41(4)28-20-18-2)63-57(65-58)43-32-26-22-27-33-43)35-48(42-30-24-21-25-31-42)53(47)66-54-49(36-45(59(5,6)7)38-51(54)61(11,12)13)50-37-46(60(8,9)10)39-52(55(50)66)62(14,15)16/h17,19-26,28-32,35-39,44H,1,4,18,27,33-34H2,2-3,5-16H3/b23-19-,28-20-,40-29+. The number of nitrogens with zero attached hydrogens (tertiary/aromatic N) is 4. The van der Waals surface area contributed by atoms with Crippen molar-refractivity contribution in [2.45, 2.75) is 150 Å². The minimum atomic E-state index is -0.179. The Kier molecular flexibility index (Phi) is 13.4. The Balaban J connectivity index is 1.70. The molecule has 0 bridgehead atoms. The van der Waals surface area contributed by atoms with Crippen LogP contribution in [-0.4, -0.2) is 19.5 Å². The van der Waals surface area contributed by atoms with Crippen LogP contribution in [0.25, 0.3) is 44.2 Å². The molecule has 342 valence electrons. The van der Waals surface area contributed by atoms with Crippen molar-refractivity contribution < 1.29 is 0 Å². The molecule has 4 nitrogen and oxygen atoms in total. The molecule has 0 amide bonds. The van der Waals surface area contributed by atoms with E-state index in [0.717, 1.165) is 53.2 Å². The van der Waals surface area contributed by atoms with Crippen molar-refractivity contribution in [1.29, 1.82) is 0 Å². The van der Waals surface area contributed by atoms with Crippen LogP contribution < -0.4 is 0 Å². The van der Waals surface area contributed by atoms with Gasteiger partial charge in [0, 0.05) is 27.8 Å². The predicted molar refractivity (Wildman–Crippen MR) is 287 cm³/mol. The number of fused-ring (bicyclic) bond motifs is 3. The molecule has 2 aromatic heterocycles. The van der Waals surface area contributed by atoms with E-state index in [4.69, 9.17) is 15.0 Å². The van der Waals surface area contributed by atoms with Gasteiger partial charge < -0.3 is 4.57 Å². The quantitative estimate of drug-likeness (QED) is 0.131. The second-order valence-electron chi connectivity index (χ2n) is 22.6. The van der Waals surface area contributed by atoms with Gasteiger partial charge in [0.2, 0.25) is 0 Å². The lowest BCUT2D eigenvalue weighted by Crippen LogP contribution is -2.21. The summed E-state index contributed by atoms with van der Waals surface area (Å²) in [7, 11) is 0. The molecule has 1 unspecified atom stereocenters. The summed E-state index contributed by atoms with van der Waals surface area (Å²) in [6, 6.07) is 21.0. The van der Waals surface area contributed by atoms with E-state index in [-0.39, 0.29) is 27.6 Å². The fourth-order valence-corrected chi connectivity index (χ4v) is 9.29. The number of allylic oxidation sites excluding steroid dienone is 16. The molecule has 0 saturated heterocycles. The lowest BCUT2D eigenvalue weighted by Gasteiger charge is -2.33. The molecule has 0 fully saturated rings. The number of benzene rings is 3. The number of hydrogen-bond donors (Lipinski definition) is 0. The SMILES string of the molecule is C=C/C=C\C=C(/C)C1=C(n2c3c(C(C)(C)C)cc(C(C)(C)C)cc3c3cc(C(C)(C)C)cc(C(C)(C)C)c32)C(c2ccccc2)=CC(c2nc(C(=C)/C=C\CC)nc(C3=CC=CCC3)n2)C1. The first-order valence-electron chi connectivity index (χ1n) is 24.2. The summed E-state index contributed by atoms with van der Waals surface area (Å²) in [6.45, 7) is 41.2. The van der Waals surface area contributed by atoms with Gasteiger partial charge in [0.05, 0.1) is 16.7 Å². The Labute approximate surface area is 397 Å². The molecule has 3 aromatic carbocycles. The average molecular weight is 875 g/mol. The van der Waals surface area contributed by atoms with Crippen molar-refractivity contribution in [1.82, 2.24) is 19.5 Å². The van der Waals surface area contributed by atoms with Gasteiger partial charge in [-0.2, -0.15) is 0 Å². The Morgan fingerprint density at radius 1 is 0.773 bits per heavy atom. The first kappa shape index (κ1) is 48.1. The molecule has 0 aliphatic heterocycles. The van der Waals surface area contributed by atoms with Crippen LogP contribution in [-0.2, 0) is 21.7 Å². The van der Waals surface area contributed by atoms with Crippen molar-refractivity contribution in [2.75, 3.05) is 0 Å². The highest BCUT2D eigenvalue weighted by Crippen LogP contribution is 2.51. The zero-order valence-electron chi connectivity index (χ0n) is 42.6. The van der Waals surface area contributed by atoms with Gasteiger partial charge >= 0.3 is 0 Å². The first-order valence-corrected chi connectivity index (χ1v) is 24.2. The van der Waals surface area contributed by atoms with Gasteiger partial charge in [0.25, 0.3) is 0 Å². The molecule has 0 N–H and O–H groups in total. The smallest absolute Gasteiger partial charge is 0.163 e. The third-order valence-electron chi connectivity index (χ3n) is 13.1. The van der Waals surface area contributed by atoms with Crippen molar-refractivity contribution in [3.05, 3.63) is 185 Å². The van der Waals surface area contributed by atoms with Crippen LogP contribution in [0, 0.1) is 0 Å². The molecular weight excluding hydrogens is 801 g/mol. The third kappa shape index (κ3) is 9.80. The van der Waals surface area contributed by atoms with Crippen LogP contribution in [0.2, 0.25) is 0 Å². The zero-order chi connectivity index (χ0) is 47.9. The summed E-state index contributed by atoms with van der Waals surface area (Å²) in [6.07, 6.45) is 24.8. The Hall–Kier alpha value is -5.87. The van der Waals surface area contributed by atoms with Crippen molar-refractivity contribution in [3.63, 3.8) is 0 Å². The van der Waals surface area contributed by atoms with Gasteiger partial charge in [-0.05, 0) is 111 Å². The summed E-state index contributed by atoms with van der Waals surface area (Å²) < 4.78 is 2.70. The molecule has 7 rings (SSSR count). The van der Waals surface area contributed by atoms with Crippen LogP contribution in [0.15, 0.2) is 140 Å². The van der Waals surface area contributed by atoms with Crippen molar-refractivity contribution in [3.8, 4) is 0 Å². The average Bonchev–Trinajstić information content (AvgIpc) is 3.60. The normalized spacial score (nSPS) is 16.8. The molecule has 4 heteroatoms. The fraction of sp³-hybridized carbons (Fsp3) is 0.371. The molecular formula is C62H74N4. The number of rotatable bonds is 10. The summed E-state index contributed by atoms with van der Waals surface area (Å²) in [4.78, 5) is 15.8. The van der Waals surface area contributed by atoms with E-state index in [1.54, 1.807) is 0 Å². The first-order chi connectivity index (χ1) is 31.0. The van der Waals surface area contributed by atoms with Gasteiger partial charge in [-0.3, -0.25) is 0 Å². The highest BCUT2D eigenvalue weighted by molar-refractivity contribution is 6.17. The Morgan fingerprint density at radius 2 is 1.38 bits per heavy atom. The predicted octanol–water partition coefficient (Wildman–Crippen LogP) is 17.1. The number of hydrogen-bond acceptors (Lipinski definition) is 3.